The van der Waals surface area contributed by atoms with Crippen LogP contribution in [0.5, 0.6) is 0 Å². The molecule has 1 unspecified atom stereocenters. The molecule has 1 atom stereocenters. The highest BCUT2D eigenvalue weighted by Gasteiger charge is 2.21. The van der Waals surface area contributed by atoms with Gasteiger partial charge in [-0.15, -0.1) is 0 Å². The third-order valence-electron chi connectivity index (χ3n) is 1.98. The van der Waals surface area contributed by atoms with Crippen molar-refractivity contribution < 1.29 is 14.2 Å². The number of carbonyl (C=O) groups excluding carboxylic acids is 1. The SMILES string of the molecule is CNC(C)c1nonc1NC(=O)OC(C)(C)C. The Kier molecular flexibility index (Phi) is 4.06. The predicted octanol–water partition coefficient (Wildman–Crippen LogP) is 1.70. The highest BCUT2D eigenvalue weighted by molar-refractivity contribution is 5.84. The molecule has 7 nitrogen and oxygen atoms in total. The van der Waals surface area contributed by atoms with Crippen LogP contribution in [0, 0.1) is 0 Å². The van der Waals surface area contributed by atoms with E-state index in [1.807, 2.05) is 6.92 Å². The molecule has 1 aromatic heterocycles. The van der Waals surface area contributed by atoms with Crippen molar-refractivity contribution in [2.45, 2.75) is 39.3 Å². The number of carbonyl (C=O) groups is 1. The fourth-order valence-electron chi connectivity index (χ4n) is 1.10. The molecular weight excluding hydrogens is 224 g/mol. The molecule has 0 spiro atoms. The monoisotopic (exact) mass is 242 g/mol. The maximum absolute atomic E-state index is 11.5. The van der Waals surface area contributed by atoms with E-state index in [0.29, 0.717) is 5.69 Å². The lowest BCUT2D eigenvalue weighted by Crippen LogP contribution is -2.28. The number of aromatic nitrogens is 2. The van der Waals surface area contributed by atoms with E-state index in [4.69, 9.17) is 4.74 Å². The second-order valence-electron chi connectivity index (χ2n) is 4.64. The molecule has 0 saturated carbocycles. The molecule has 7 heteroatoms. The summed E-state index contributed by atoms with van der Waals surface area (Å²) in [6.07, 6.45) is -0.585. The summed E-state index contributed by atoms with van der Waals surface area (Å²) in [6.45, 7) is 7.22. The Labute approximate surface area is 99.9 Å². The van der Waals surface area contributed by atoms with Gasteiger partial charge in [-0.1, -0.05) is 5.16 Å². The highest BCUT2D eigenvalue weighted by Crippen LogP contribution is 2.18. The molecule has 2 N–H and O–H groups in total. The summed E-state index contributed by atoms with van der Waals surface area (Å²) in [6, 6.07) is -0.0776. The normalized spacial score (nSPS) is 13.2. The molecule has 0 fully saturated rings. The van der Waals surface area contributed by atoms with Crippen LogP contribution in [-0.2, 0) is 4.74 Å². The molecule has 17 heavy (non-hydrogen) atoms. The van der Waals surface area contributed by atoms with Crippen LogP contribution in [0.25, 0.3) is 0 Å². The van der Waals surface area contributed by atoms with Crippen LogP contribution in [0.3, 0.4) is 0 Å². The van der Waals surface area contributed by atoms with Gasteiger partial charge in [0, 0.05) is 0 Å². The minimum absolute atomic E-state index is 0.0776. The summed E-state index contributed by atoms with van der Waals surface area (Å²) in [5, 5.41) is 12.8. The molecule has 1 rings (SSSR count). The Morgan fingerprint density at radius 2 is 2.06 bits per heavy atom. The fourth-order valence-corrected chi connectivity index (χ4v) is 1.10. The second-order valence-corrected chi connectivity index (χ2v) is 4.64. The first-order valence-electron chi connectivity index (χ1n) is 5.33. The summed E-state index contributed by atoms with van der Waals surface area (Å²) >= 11 is 0. The summed E-state index contributed by atoms with van der Waals surface area (Å²) < 4.78 is 9.69. The zero-order valence-corrected chi connectivity index (χ0v) is 10.7. The van der Waals surface area contributed by atoms with E-state index < -0.39 is 11.7 Å². The molecule has 0 aliphatic heterocycles. The van der Waals surface area contributed by atoms with Crippen LogP contribution >= 0.6 is 0 Å². The average molecular weight is 242 g/mol. The number of nitrogens with zero attached hydrogens (tertiary/aromatic N) is 2. The highest BCUT2D eigenvalue weighted by atomic mass is 16.6. The molecule has 0 aliphatic rings. The van der Waals surface area contributed by atoms with Crippen molar-refractivity contribution in [3.63, 3.8) is 0 Å². The Bertz CT molecular complexity index is 383. The summed E-state index contributed by atoms with van der Waals surface area (Å²) in [5.74, 6) is 0.265. The first kappa shape index (κ1) is 13.4. The van der Waals surface area contributed by atoms with Crippen molar-refractivity contribution >= 4 is 11.9 Å². The first-order valence-corrected chi connectivity index (χ1v) is 5.33. The number of hydrogen-bond acceptors (Lipinski definition) is 6. The summed E-state index contributed by atoms with van der Waals surface area (Å²) in [7, 11) is 1.77. The number of amides is 1. The van der Waals surface area contributed by atoms with Crippen molar-refractivity contribution in [3.05, 3.63) is 5.69 Å². The molecule has 0 saturated heterocycles. The van der Waals surface area contributed by atoms with Crippen LogP contribution in [0.1, 0.15) is 39.4 Å². The van der Waals surface area contributed by atoms with E-state index in [1.54, 1.807) is 27.8 Å². The van der Waals surface area contributed by atoms with E-state index >= 15 is 0 Å². The quantitative estimate of drug-likeness (QED) is 0.838. The van der Waals surface area contributed by atoms with Gasteiger partial charge in [0.2, 0.25) is 5.82 Å². The van der Waals surface area contributed by atoms with Crippen molar-refractivity contribution in [2.75, 3.05) is 12.4 Å². The van der Waals surface area contributed by atoms with E-state index in [-0.39, 0.29) is 11.9 Å². The lowest BCUT2D eigenvalue weighted by atomic mass is 10.2. The molecular formula is C10H18N4O3. The standard InChI is InChI=1S/C10H18N4O3/c1-6(11-5)7-8(14-17-13-7)12-9(15)16-10(2,3)4/h6,11H,1-5H3,(H,12,14,15). The minimum Gasteiger partial charge on any atom is -0.444 e. The van der Waals surface area contributed by atoms with Gasteiger partial charge >= 0.3 is 6.09 Å². The maximum atomic E-state index is 11.5. The molecule has 0 aromatic carbocycles. The fraction of sp³-hybridized carbons (Fsp3) is 0.700. The number of anilines is 1. The lowest BCUT2D eigenvalue weighted by molar-refractivity contribution is 0.0634. The van der Waals surface area contributed by atoms with Gasteiger partial charge in [0.1, 0.15) is 11.3 Å². The minimum atomic E-state index is -0.585. The van der Waals surface area contributed by atoms with Gasteiger partial charge in [0.05, 0.1) is 6.04 Å². The molecule has 0 radical (unpaired) electrons. The van der Waals surface area contributed by atoms with E-state index in [0.717, 1.165) is 0 Å². The molecule has 1 amide bonds. The van der Waals surface area contributed by atoms with E-state index in [2.05, 4.69) is 25.6 Å². The van der Waals surface area contributed by atoms with Crippen molar-refractivity contribution in [1.29, 1.82) is 0 Å². The summed E-state index contributed by atoms with van der Waals surface area (Å²) in [4.78, 5) is 11.5. The topological polar surface area (TPSA) is 89.3 Å². The second kappa shape index (κ2) is 5.13. The predicted molar refractivity (Wildman–Crippen MR) is 61.6 cm³/mol. The Morgan fingerprint density at radius 3 is 2.59 bits per heavy atom. The first-order chi connectivity index (χ1) is 7.83. The van der Waals surface area contributed by atoms with Crippen LogP contribution in [0.2, 0.25) is 0 Å². The lowest BCUT2D eigenvalue weighted by Gasteiger charge is -2.19. The van der Waals surface area contributed by atoms with Crippen LogP contribution in [0.15, 0.2) is 4.63 Å². The van der Waals surface area contributed by atoms with Gasteiger partial charge < -0.3 is 10.1 Å². The third kappa shape index (κ3) is 4.03. The van der Waals surface area contributed by atoms with Gasteiger partial charge in [-0.25, -0.2) is 9.42 Å². The average Bonchev–Trinajstić information content (AvgIpc) is 2.61. The smallest absolute Gasteiger partial charge is 0.413 e. The van der Waals surface area contributed by atoms with Crippen LogP contribution < -0.4 is 10.6 Å². The maximum Gasteiger partial charge on any atom is 0.413 e. The number of nitrogens with one attached hydrogen (secondary N) is 2. The van der Waals surface area contributed by atoms with Crippen molar-refractivity contribution in [1.82, 2.24) is 15.6 Å². The number of ether oxygens (including phenoxy) is 1. The summed E-state index contributed by atoms with van der Waals surface area (Å²) in [5.41, 5.74) is -0.0332. The van der Waals surface area contributed by atoms with Gasteiger partial charge in [-0.05, 0) is 39.9 Å². The van der Waals surface area contributed by atoms with E-state index in [1.165, 1.54) is 0 Å². The largest absolute Gasteiger partial charge is 0.444 e. The van der Waals surface area contributed by atoms with Gasteiger partial charge in [0.15, 0.2) is 0 Å². The van der Waals surface area contributed by atoms with Crippen LogP contribution in [0.4, 0.5) is 10.6 Å². The third-order valence-corrected chi connectivity index (χ3v) is 1.98. The van der Waals surface area contributed by atoms with Gasteiger partial charge in [0.25, 0.3) is 0 Å². The Morgan fingerprint density at radius 1 is 1.41 bits per heavy atom. The zero-order chi connectivity index (χ0) is 13.1. The van der Waals surface area contributed by atoms with Crippen molar-refractivity contribution in [3.8, 4) is 0 Å². The molecule has 0 bridgehead atoms. The number of rotatable bonds is 3. The van der Waals surface area contributed by atoms with Gasteiger partial charge in [-0.2, -0.15) is 0 Å². The Hall–Kier alpha value is -1.63. The van der Waals surface area contributed by atoms with Crippen LogP contribution in [-0.4, -0.2) is 29.1 Å². The molecule has 0 aliphatic carbocycles. The van der Waals surface area contributed by atoms with Crippen molar-refractivity contribution in [2.24, 2.45) is 0 Å². The number of hydrogen-bond donors (Lipinski definition) is 2. The zero-order valence-electron chi connectivity index (χ0n) is 10.7. The Balaban J connectivity index is 2.69. The van der Waals surface area contributed by atoms with E-state index in [9.17, 15) is 4.79 Å². The molecule has 1 heterocycles. The molecule has 96 valence electrons. The van der Waals surface area contributed by atoms with Gasteiger partial charge in [-0.3, -0.25) is 5.32 Å². The molecule has 1 aromatic rings.